The van der Waals surface area contributed by atoms with Crippen LogP contribution >= 0.6 is 0 Å². The van der Waals surface area contributed by atoms with E-state index in [4.69, 9.17) is 8.92 Å². The van der Waals surface area contributed by atoms with E-state index in [1.54, 1.807) is 45.9 Å². The second-order valence-electron chi connectivity index (χ2n) is 5.82. The van der Waals surface area contributed by atoms with Crippen LogP contribution < -0.4 is 5.32 Å². The van der Waals surface area contributed by atoms with Crippen LogP contribution in [0.25, 0.3) is 0 Å². The third-order valence-electron chi connectivity index (χ3n) is 2.59. The van der Waals surface area contributed by atoms with E-state index in [2.05, 4.69) is 5.32 Å². The van der Waals surface area contributed by atoms with Gasteiger partial charge in [-0.25, -0.2) is 4.79 Å². The summed E-state index contributed by atoms with van der Waals surface area (Å²) in [5.74, 6) is 0. The molecule has 0 aliphatic heterocycles. The van der Waals surface area contributed by atoms with Gasteiger partial charge in [-0.1, -0.05) is 18.2 Å². The SMILES string of the molecule is Cc1ccccc1S(=O)(=O)OCCCNC(=O)OC(C)(C)C. The minimum Gasteiger partial charge on any atom is -0.444 e. The lowest BCUT2D eigenvalue weighted by atomic mass is 10.2. The largest absolute Gasteiger partial charge is 0.444 e. The van der Waals surface area contributed by atoms with Gasteiger partial charge in [-0.05, 0) is 45.7 Å². The summed E-state index contributed by atoms with van der Waals surface area (Å²) in [6, 6.07) is 6.62. The Kier molecular flexibility index (Phi) is 6.37. The number of amides is 1. The topological polar surface area (TPSA) is 81.7 Å². The number of hydrogen-bond acceptors (Lipinski definition) is 5. The smallest absolute Gasteiger partial charge is 0.407 e. The minimum atomic E-state index is -3.76. The van der Waals surface area contributed by atoms with Gasteiger partial charge in [0.05, 0.1) is 11.5 Å². The van der Waals surface area contributed by atoms with Gasteiger partial charge in [0.2, 0.25) is 0 Å². The third-order valence-corrected chi connectivity index (χ3v) is 4.06. The molecule has 0 aliphatic carbocycles. The van der Waals surface area contributed by atoms with Gasteiger partial charge in [0.25, 0.3) is 10.1 Å². The summed E-state index contributed by atoms with van der Waals surface area (Å²) >= 11 is 0. The summed E-state index contributed by atoms with van der Waals surface area (Å²) in [5.41, 5.74) is 0.0729. The molecule has 0 heterocycles. The Morgan fingerprint density at radius 3 is 2.45 bits per heavy atom. The predicted octanol–water partition coefficient (Wildman–Crippen LogP) is 2.62. The van der Waals surface area contributed by atoms with Crippen LogP contribution in [-0.2, 0) is 19.0 Å². The van der Waals surface area contributed by atoms with Gasteiger partial charge in [-0.2, -0.15) is 8.42 Å². The quantitative estimate of drug-likeness (QED) is 0.641. The number of hydrogen-bond donors (Lipinski definition) is 1. The number of rotatable bonds is 6. The lowest BCUT2D eigenvalue weighted by molar-refractivity contribution is 0.0526. The number of benzene rings is 1. The summed E-state index contributed by atoms with van der Waals surface area (Å²) in [5, 5.41) is 2.54. The molecule has 1 aromatic carbocycles. The maximum Gasteiger partial charge on any atom is 0.407 e. The fourth-order valence-electron chi connectivity index (χ4n) is 1.65. The van der Waals surface area contributed by atoms with Crippen molar-refractivity contribution in [3.63, 3.8) is 0 Å². The first-order chi connectivity index (χ1) is 10.1. The molecule has 1 N–H and O–H groups in total. The maximum absolute atomic E-state index is 12.0. The fraction of sp³-hybridized carbons (Fsp3) is 0.533. The predicted molar refractivity (Wildman–Crippen MR) is 83.2 cm³/mol. The van der Waals surface area contributed by atoms with Crippen LogP contribution in [-0.4, -0.2) is 33.3 Å². The van der Waals surface area contributed by atoms with Crippen molar-refractivity contribution < 1.29 is 22.1 Å². The summed E-state index contributed by atoms with van der Waals surface area (Å²) in [7, 11) is -3.76. The van der Waals surface area contributed by atoms with Gasteiger partial charge in [0.1, 0.15) is 5.60 Å². The maximum atomic E-state index is 12.0. The van der Waals surface area contributed by atoms with Gasteiger partial charge < -0.3 is 10.1 Å². The zero-order valence-corrected chi connectivity index (χ0v) is 14.2. The fourth-order valence-corrected chi connectivity index (χ4v) is 2.82. The molecular weight excluding hydrogens is 306 g/mol. The second-order valence-corrected chi connectivity index (χ2v) is 7.41. The van der Waals surface area contributed by atoms with Crippen molar-refractivity contribution >= 4 is 16.2 Å². The number of carbonyl (C=O) groups excluding carboxylic acids is 1. The molecule has 0 aromatic heterocycles. The molecular formula is C15H23NO5S. The molecule has 7 heteroatoms. The van der Waals surface area contributed by atoms with Crippen molar-refractivity contribution in [2.24, 2.45) is 0 Å². The third kappa shape index (κ3) is 6.44. The van der Waals surface area contributed by atoms with Crippen molar-refractivity contribution in [2.45, 2.75) is 44.6 Å². The molecule has 124 valence electrons. The number of carbonyl (C=O) groups is 1. The highest BCUT2D eigenvalue weighted by Crippen LogP contribution is 2.16. The summed E-state index contributed by atoms with van der Waals surface area (Å²) < 4.78 is 34.0. The molecule has 0 radical (unpaired) electrons. The lowest BCUT2D eigenvalue weighted by Crippen LogP contribution is -2.33. The van der Waals surface area contributed by atoms with Crippen LogP contribution in [0, 0.1) is 6.92 Å². The van der Waals surface area contributed by atoms with Gasteiger partial charge in [0, 0.05) is 6.54 Å². The Bertz CT molecular complexity index is 605. The van der Waals surface area contributed by atoms with E-state index < -0.39 is 21.8 Å². The van der Waals surface area contributed by atoms with Gasteiger partial charge >= 0.3 is 6.09 Å². The van der Waals surface area contributed by atoms with E-state index in [1.165, 1.54) is 6.07 Å². The molecule has 0 fully saturated rings. The normalized spacial score (nSPS) is 12.0. The number of nitrogens with one attached hydrogen (secondary N) is 1. The standard InChI is InChI=1S/C15H23NO5S/c1-12-8-5-6-9-13(12)22(18,19)20-11-7-10-16-14(17)21-15(2,3)4/h5-6,8-9H,7,10-11H2,1-4H3,(H,16,17). The molecule has 6 nitrogen and oxygen atoms in total. The number of aryl methyl sites for hydroxylation is 1. The van der Waals surface area contributed by atoms with Gasteiger partial charge in [0.15, 0.2) is 0 Å². The van der Waals surface area contributed by atoms with Crippen molar-refractivity contribution in [3.8, 4) is 0 Å². The molecule has 0 saturated carbocycles. The second kappa shape index (κ2) is 7.60. The summed E-state index contributed by atoms with van der Waals surface area (Å²) in [6.45, 7) is 7.28. The van der Waals surface area contributed by atoms with E-state index in [-0.39, 0.29) is 18.0 Å². The summed E-state index contributed by atoms with van der Waals surface area (Å²) in [4.78, 5) is 11.6. The Labute approximate surface area is 131 Å². The van der Waals surface area contributed by atoms with E-state index in [1.807, 2.05) is 0 Å². The van der Waals surface area contributed by atoms with Crippen molar-refractivity contribution in [3.05, 3.63) is 29.8 Å². The zero-order chi connectivity index (χ0) is 16.8. The molecule has 22 heavy (non-hydrogen) atoms. The van der Waals surface area contributed by atoms with E-state index in [9.17, 15) is 13.2 Å². The first-order valence-corrected chi connectivity index (χ1v) is 8.44. The molecule has 0 unspecified atom stereocenters. The Morgan fingerprint density at radius 2 is 1.86 bits per heavy atom. The van der Waals surface area contributed by atoms with Crippen molar-refractivity contribution in [1.82, 2.24) is 5.32 Å². The van der Waals surface area contributed by atoms with Gasteiger partial charge in [-0.15, -0.1) is 0 Å². The van der Waals surface area contributed by atoms with Crippen LogP contribution in [0.4, 0.5) is 4.79 Å². The highest BCUT2D eigenvalue weighted by molar-refractivity contribution is 7.86. The van der Waals surface area contributed by atoms with Crippen LogP contribution in [0.15, 0.2) is 29.2 Å². The van der Waals surface area contributed by atoms with Crippen molar-refractivity contribution in [2.75, 3.05) is 13.2 Å². The molecule has 0 bridgehead atoms. The van der Waals surface area contributed by atoms with E-state index in [0.29, 0.717) is 12.0 Å². The molecule has 0 atom stereocenters. The first-order valence-electron chi connectivity index (χ1n) is 7.04. The molecule has 0 saturated heterocycles. The average Bonchev–Trinajstić information content (AvgIpc) is 2.36. The molecule has 0 spiro atoms. The van der Waals surface area contributed by atoms with Crippen molar-refractivity contribution in [1.29, 1.82) is 0 Å². The highest BCUT2D eigenvalue weighted by Gasteiger charge is 2.18. The Hall–Kier alpha value is -1.60. The minimum absolute atomic E-state index is 0.00747. The highest BCUT2D eigenvalue weighted by atomic mass is 32.2. The van der Waals surface area contributed by atoms with Gasteiger partial charge in [-0.3, -0.25) is 4.18 Å². The van der Waals surface area contributed by atoms with Crippen LogP contribution in [0.2, 0.25) is 0 Å². The Morgan fingerprint density at radius 1 is 1.23 bits per heavy atom. The molecule has 0 aliphatic rings. The number of ether oxygens (including phenoxy) is 1. The monoisotopic (exact) mass is 329 g/mol. The average molecular weight is 329 g/mol. The van der Waals surface area contributed by atoms with E-state index in [0.717, 1.165) is 0 Å². The zero-order valence-electron chi connectivity index (χ0n) is 13.4. The first kappa shape index (κ1) is 18.4. The molecule has 1 aromatic rings. The molecule has 1 amide bonds. The number of alkyl carbamates (subject to hydrolysis) is 1. The van der Waals surface area contributed by atoms with E-state index >= 15 is 0 Å². The summed E-state index contributed by atoms with van der Waals surface area (Å²) in [6.07, 6.45) is -0.168. The molecule has 1 rings (SSSR count). The Balaban J connectivity index is 2.36. The lowest BCUT2D eigenvalue weighted by Gasteiger charge is -2.19. The van der Waals surface area contributed by atoms with Crippen LogP contribution in [0.3, 0.4) is 0 Å². The van der Waals surface area contributed by atoms with Crippen LogP contribution in [0.5, 0.6) is 0 Å². The van der Waals surface area contributed by atoms with Crippen LogP contribution in [0.1, 0.15) is 32.8 Å².